The van der Waals surface area contributed by atoms with Gasteiger partial charge in [0.2, 0.25) is 0 Å². The predicted molar refractivity (Wildman–Crippen MR) is 140 cm³/mol. The van der Waals surface area contributed by atoms with Crippen LogP contribution in [0, 0.1) is 11.8 Å². The molecule has 5 rings (SSSR count). The van der Waals surface area contributed by atoms with Crippen molar-refractivity contribution in [3.63, 3.8) is 0 Å². The average molecular weight is 450 g/mol. The van der Waals surface area contributed by atoms with Gasteiger partial charge in [-0.1, -0.05) is 97.1 Å². The van der Waals surface area contributed by atoms with Crippen molar-refractivity contribution in [1.82, 2.24) is 0 Å². The third-order valence-corrected chi connectivity index (χ3v) is 6.63. The number of rotatable bonds is 3. The van der Waals surface area contributed by atoms with Gasteiger partial charge in [0, 0.05) is 23.9 Å². The number of hydrogen-bond acceptors (Lipinski definition) is 2. The molecule has 1 aliphatic carbocycles. The molecular weight excluding hydrogens is 418 g/mol. The SMILES string of the molecule is CC(C)(C)OC(=O)N1C[C@@H]2C(=C[C@H](c3ccccc3)[C@H]2/C=C/c2ccccc2)c2ccccc21. The Hall–Kier alpha value is -3.59. The van der Waals surface area contributed by atoms with E-state index in [1.165, 1.54) is 16.7 Å². The number of amides is 1. The van der Waals surface area contributed by atoms with Crippen molar-refractivity contribution in [1.29, 1.82) is 0 Å². The van der Waals surface area contributed by atoms with Gasteiger partial charge in [0.25, 0.3) is 0 Å². The lowest BCUT2D eigenvalue weighted by atomic mass is 9.79. The first-order chi connectivity index (χ1) is 16.4. The molecule has 3 nitrogen and oxygen atoms in total. The molecule has 0 aromatic heterocycles. The minimum absolute atomic E-state index is 0.188. The van der Waals surface area contributed by atoms with E-state index in [0.29, 0.717) is 6.54 Å². The Morgan fingerprint density at radius 3 is 2.26 bits per heavy atom. The standard InChI is InChI=1S/C31H31NO2/c1-31(2,3)34-30(33)32-21-28-24(19-18-22-12-6-4-7-13-22)26(23-14-8-5-9-15-23)20-27(28)25-16-10-11-17-29(25)32/h4-20,24,26,28H,21H2,1-3H3/b19-18+/t24-,26-,28+/m1/s1. The van der Waals surface area contributed by atoms with E-state index in [-0.39, 0.29) is 23.8 Å². The van der Waals surface area contributed by atoms with Crippen molar-refractivity contribution in [2.45, 2.75) is 32.3 Å². The van der Waals surface area contributed by atoms with Gasteiger partial charge in [0.05, 0.1) is 5.69 Å². The van der Waals surface area contributed by atoms with Gasteiger partial charge in [-0.05, 0) is 49.5 Å². The van der Waals surface area contributed by atoms with Crippen LogP contribution in [-0.4, -0.2) is 18.2 Å². The van der Waals surface area contributed by atoms with Gasteiger partial charge < -0.3 is 4.74 Å². The second-order valence-corrected chi connectivity index (χ2v) is 10.1. The lowest BCUT2D eigenvalue weighted by Gasteiger charge is -2.37. The lowest BCUT2D eigenvalue weighted by molar-refractivity contribution is 0.0574. The van der Waals surface area contributed by atoms with Crippen LogP contribution in [0.5, 0.6) is 0 Å². The summed E-state index contributed by atoms with van der Waals surface area (Å²) in [5, 5.41) is 0. The van der Waals surface area contributed by atoms with Crippen LogP contribution in [0.1, 0.15) is 43.4 Å². The zero-order valence-corrected chi connectivity index (χ0v) is 20.0. The van der Waals surface area contributed by atoms with Gasteiger partial charge in [-0.25, -0.2) is 4.79 Å². The molecule has 1 aliphatic heterocycles. The molecule has 1 heterocycles. The summed E-state index contributed by atoms with van der Waals surface area (Å²) in [5.74, 6) is 0.663. The molecule has 3 aromatic rings. The van der Waals surface area contributed by atoms with E-state index >= 15 is 0 Å². The molecule has 1 amide bonds. The van der Waals surface area contributed by atoms with E-state index in [2.05, 4.69) is 85.0 Å². The maximum atomic E-state index is 13.3. The quantitative estimate of drug-likeness (QED) is 0.413. The van der Waals surface area contributed by atoms with Gasteiger partial charge >= 0.3 is 6.09 Å². The number of para-hydroxylation sites is 1. The van der Waals surface area contributed by atoms with Crippen molar-refractivity contribution < 1.29 is 9.53 Å². The highest BCUT2D eigenvalue weighted by molar-refractivity contribution is 5.96. The summed E-state index contributed by atoms with van der Waals surface area (Å²) in [5.41, 5.74) is 5.32. The van der Waals surface area contributed by atoms with Gasteiger partial charge in [-0.15, -0.1) is 0 Å². The number of carbonyl (C=O) groups excluding carboxylic acids is 1. The molecule has 0 N–H and O–H groups in total. The van der Waals surface area contributed by atoms with Crippen molar-refractivity contribution in [2.75, 3.05) is 11.4 Å². The summed E-state index contributed by atoms with van der Waals surface area (Å²) in [6, 6.07) is 29.3. The minimum atomic E-state index is -0.545. The first-order valence-electron chi connectivity index (χ1n) is 12.0. The van der Waals surface area contributed by atoms with Crippen LogP contribution >= 0.6 is 0 Å². The highest BCUT2D eigenvalue weighted by Crippen LogP contribution is 2.52. The van der Waals surface area contributed by atoms with Crippen LogP contribution in [0.2, 0.25) is 0 Å². The van der Waals surface area contributed by atoms with Crippen molar-refractivity contribution in [3.8, 4) is 0 Å². The van der Waals surface area contributed by atoms with E-state index in [1.807, 2.05) is 43.9 Å². The van der Waals surface area contributed by atoms with Crippen molar-refractivity contribution in [3.05, 3.63) is 114 Å². The number of ether oxygens (including phenoxy) is 1. The molecule has 3 aromatic carbocycles. The van der Waals surface area contributed by atoms with Crippen LogP contribution in [0.3, 0.4) is 0 Å². The second kappa shape index (κ2) is 8.98. The van der Waals surface area contributed by atoms with E-state index in [4.69, 9.17) is 4.74 Å². The molecule has 0 radical (unpaired) electrons. The van der Waals surface area contributed by atoms with Gasteiger partial charge in [0.15, 0.2) is 0 Å². The number of hydrogen-bond donors (Lipinski definition) is 0. The first-order valence-corrected chi connectivity index (χ1v) is 12.0. The monoisotopic (exact) mass is 449 g/mol. The normalized spacial score (nSPS) is 21.7. The van der Waals surface area contributed by atoms with Gasteiger partial charge in [0.1, 0.15) is 5.60 Å². The third kappa shape index (κ3) is 4.43. The summed E-state index contributed by atoms with van der Waals surface area (Å²) in [6.07, 6.45) is 6.69. The summed E-state index contributed by atoms with van der Waals surface area (Å²) >= 11 is 0. The first kappa shape index (κ1) is 22.2. The number of benzene rings is 3. The fourth-order valence-electron chi connectivity index (χ4n) is 5.17. The zero-order chi connectivity index (χ0) is 23.7. The molecular formula is C31H31NO2. The minimum Gasteiger partial charge on any atom is -0.443 e. The summed E-state index contributed by atoms with van der Waals surface area (Å²) in [4.78, 5) is 15.1. The fraction of sp³-hybridized carbons (Fsp3) is 0.258. The maximum Gasteiger partial charge on any atom is 0.414 e. The van der Waals surface area contributed by atoms with E-state index in [9.17, 15) is 4.79 Å². The molecule has 0 spiro atoms. The molecule has 0 saturated heterocycles. The smallest absolute Gasteiger partial charge is 0.414 e. The number of allylic oxidation sites excluding steroid dienone is 2. The van der Waals surface area contributed by atoms with Gasteiger partial charge in [-0.2, -0.15) is 0 Å². The van der Waals surface area contributed by atoms with Crippen molar-refractivity contribution in [2.24, 2.45) is 11.8 Å². The van der Waals surface area contributed by atoms with Crippen LogP contribution in [-0.2, 0) is 4.74 Å². The van der Waals surface area contributed by atoms with Crippen LogP contribution in [0.4, 0.5) is 10.5 Å². The van der Waals surface area contributed by atoms with Crippen LogP contribution in [0.25, 0.3) is 11.6 Å². The molecule has 0 unspecified atom stereocenters. The Morgan fingerprint density at radius 2 is 1.56 bits per heavy atom. The molecule has 0 bridgehead atoms. The van der Waals surface area contributed by atoms with Gasteiger partial charge in [-0.3, -0.25) is 4.90 Å². The summed E-state index contributed by atoms with van der Waals surface area (Å²) < 4.78 is 5.81. The Bertz CT molecular complexity index is 1220. The van der Waals surface area contributed by atoms with Crippen molar-refractivity contribution >= 4 is 23.4 Å². The molecule has 2 aliphatic rings. The number of fused-ring (bicyclic) bond motifs is 3. The third-order valence-electron chi connectivity index (χ3n) is 6.63. The van der Waals surface area contributed by atoms with E-state index in [0.717, 1.165) is 11.3 Å². The molecule has 0 fully saturated rings. The fourth-order valence-corrected chi connectivity index (χ4v) is 5.17. The lowest BCUT2D eigenvalue weighted by Crippen LogP contribution is -2.43. The highest BCUT2D eigenvalue weighted by Gasteiger charge is 2.43. The summed E-state index contributed by atoms with van der Waals surface area (Å²) in [7, 11) is 0. The predicted octanol–water partition coefficient (Wildman–Crippen LogP) is 7.57. The Labute approximate surface area is 202 Å². The summed E-state index contributed by atoms with van der Waals surface area (Å²) in [6.45, 7) is 6.35. The van der Waals surface area contributed by atoms with Crippen LogP contribution < -0.4 is 4.90 Å². The Kier molecular flexibility index (Phi) is 5.87. The molecule has 172 valence electrons. The van der Waals surface area contributed by atoms with E-state index in [1.54, 1.807) is 0 Å². The Morgan fingerprint density at radius 1 is 0.912 bits per heavy atom. The molecule has 0 saturated carbocycles. The van der Waals surface area contributed by atoms with E-state index < -0.39 is 5.60 Å². The molecule has 3 heteroatoms. The maximum absolute atomic E-state index is 13.3. The largest absolute Gasteiger partial charge is 0.443 e. The zero-order valence-electron chi connectivity index (χ0n) is 20.0. The number of carbonyl (C=O) groups is 1. The molecule has 3 atom stereocenters. The number of anilines is 1. The Balaban J connectivity index is 1.57. The molecule has 34 heavy (non-hydrogen) atoms. The highest BCUT2D eigenvalue weighted by atomic mass is 16.6. The number of nitrogens with zero attached hydrogens (tertiary/aromatic N) is 1. The van der Waals surface area contributed by atoms with Crippen LogP contribution in [0.15, 0.2) is 97.1 Å². The second-order valence-electron chi connectivity index (χ2n) is 10.1. The topological polar surface area (TPSA) is 29.5 Å². The average Bonchev–Trinajstić information content (AvgIpc) is 3.21.